The van der Waals surface area contributed by atoms with Gasteiger partial charge in [-0.1, -0.05) is 228 Å². The van der Waals surface area contributed by atoms with Gasteiger partial charge >= 0.3 is 5.97 Å². The fourth-order valence-electron chi connectivity index (χ4n) is 11.7. The van der Waals surface area contributed by atoms with Crippen molar-refractivity contribution in [1.82, 2.24) is 0 Å². The summed E-state index contributed by atoms with van der Waals surface area (Å²) in [5, 5.41) is 4.38. The largest absolute Gasteiger partial charge is 0.496 e. The number of allylic oxidation sites excluding steroid dienone is 2. The zero-order valence-corrected chi connectivity index (χ0v) is 55.9. The molecule has 0 saturated carbocycles. The Labute approximate surface area is 489 Å². The molecule has 12 heteroatoms. The lowest BCUT2D eigenvalue weighted by Gasteiger charge is -2.46. The molecule has 1 aliphatic carbocycles. The predicted molar refractivity (Wildman–Crippen MR) is 339 cm³/mol. The molecule has 4 aromatic carbocycles. The van der Waals surface area contributed by atoms with E-state index in [1.165, 1.54) is 20.7 Å². The number of carbonyl (C=O) groups is 2. The van der Waals surface area contributed by atoms with Crippen molar-refractivity contribution in [3.63, 3.8) is 0 Å². The standard InChI is InChI=1S/C66H88Br2O7Si3/c1-46(38-48(3)57(42-58(67)68)75-78(65(12,13)14,55-34-26-20-27-35-55)56-36-28-21-29-37-56)39-49(4)60(69)59-61(71-15)66(74-62(59)70)43-50(5)51(41-52(66)40-47(2)44-72-76(16,17)63(6,7)8)45-73-77(64(9,10)11,53-30-22-18-23-31-53)54-32-24-19-25-33-54/h18-37,39-42,46,48,50,52,57H,38,43-45H2,1-17H3/b47-40+,49-39+/t46-,48-,50+,52+,57+,66-/m0/s1. The fourth-order valence-corrected chi connectivity index (χ4v) is 22.5. The van der Waals surface area contributed by atoms with E-state index in [1.54, 1.807) is 14.0 Å². The summed E-state index contributed by atoms with van der Waals surface area (Å²) in [5.74, 6) is -1.43. The number of hydrogen-bond acceptors (Lipinski definition) is 7. The van der Waals surface area contributed by atoms with Crippen molar-refractivity contribution in [2.45, 2.75) is 150 Å². The summed E-state index contributed by atoms with van der Waals surface area (Å²) in [7, 11) is -6.43. The molecule has 1 heterocycles. The van der Waals surface area contributed by atoms with Crippen molar-refractivity contribution in [2.24, 2.45) is 23.7 Å². The smallest absolute Gasteiger partial charge is 0.346 e. The lowest BCUT2D eigenvalue weighted by molar-refractivity contribution is -0.153. The Balaban J connectivity index is 1.37. The van der Waals surface area contributed by atoms with E-state index in [-0.39, 0.29) is 50.3 Å². The third-order valence-corrected chi connectivity index (χ3v) is 31.7. The van der Waals surface area contributed by atoms with Crippen molar-refractivity contribution in [2.75, 3.05) is 20.3 Å². The Bertz CT molecular complexity index is 2780. The van der Waals surface area contributed by atoms with Gasteiger partial charge in [-0.05, 0) is 136 Å². The predicted octanol–water partition coefficient (Wildman–Crippen LogP) is 15.1. The van der Waals surface area contributed by atoms with Crippen molar-refractivity contribution in [3.05, 3.63) is 177 Å². The second kappa shape index (κ2) is 25.4. The normalized spacial score (nSPS) is 20.2. The molecule has 0 aromatic heterocycles. The Hall–Kier alpha value is -3.99. The number of esters is 1. The summed E-state index contributed by atoms with van der Waals surface area (Å²) >= 11 is 7.38. The van der Waals surface area contributed by atoms with Crippen LogP contribution in [0.3, 0.4) is 0 Å². The third-order valence-electron chi connectivity index (χ3n) is 16.7. The van der Waals surface area contributed by atoms with Crippen LogP contribution in [0, 0.1) is 23.7 Å². The van der Waals surface area contributed by atoms with Crippen LogP contribution in [0.2, 0.25) is 28.2 Å². The van der Waals surface area contributed by atoms with E-state index < -0.39 is 48.2 Å². The first kappa shape index (κ1) is 63.2. The van der Waals surface area contributed by atoms with E-state index in [1.807, 2.05) is 6.08 Å². The SMILES string of the molecule is COC1=C(C(=O)/C(C)=C/[C@@H](C)C[C@H](C)[C@@H](C=C(Br)Br)O[Si](c2ccccc2)(c2ccccc2)C(C)(C)C)C(=O)O[C@]12C[C@@H](C)C(CO[Si](c1ccccc1)(c1ccccc1)C(C)(C)C)=C[C@H]2/C=C(\C)CO[Si](C)(C)C(C)(C)C. The van der Waals surface area contributed by atoms with Gasteiger partial charge in [0.15, 0.2) is 25.5 Å². The minimum atomic E-state index is -2.94. The lowest BCUT2D eigenvalue weighted by Crippen LogP contribution is -2.68. The van der Waals surface area contributed by atoms with Crippen molar-refractivity contribution in [1.29, 1.82) is 0 Å². The summed E-state index contributed by atoms with van der Waals surface area (Å²) in [6.07, 6.45) is 9.29. The average molecular weight is 1240 g/mol. The van der Waals surface area contributed by atoms with Crippen LogP contribution in [0.4, 0.5) is 0 Å². The molecular formula is C66H88Br2O7Si3. The van der Waals surface area contributed by atoms with Crippen LogP contribution in [0.1, 0.15) is 110 Å². The highest BCUT2D eigenvalue weighted by molar-refractivity contribution is 9.28. The quantitative estimate of drug-likeness (QED) is 0.0270. The summed E-state index contributed by atoms with van der Waals surface area (Å²) in [6.45, 7) is 36.2. The number of carbonyl (C=O) groups excluding carboxylic acids is 2. The maximum Gasteiger partial charge on any atom is 0.346 e. The molecule has 78 heavy (non-hydrogen) atoms. The van der Waals surface area contributed by atoms with Crippen LogP contribution in [0.15, 0.2) is 177 Å². The van der Waals surface area contributed by atoms with Crippen LogP contribution < -0.4 is 20.7 Å². The van der Waals surface area contributed by atoms with Gasteiger partial charge in [0.1, 0.15) is 5.57 Å². The van der Waals surface area contributed by atoms with Crippen LogP contribution in [0.25, 0.3) is 0 Å². The highest BCUT2D eigenvalue weighted by atomic mass is 79.9. The molecule has 1 spiro atoms. The molecule has 6 atom stereocenters. The number of methoxy groups -OCH3 is 1. The third kappa shape index (κ3) is 13.5. The summed E-state index contributed by atoms with van der Waals surface area (Å²) in [5.41, 5.74) is 1.24. The number of benzene rings is 4. The number of hydrogen-bond donors (Lipinski definition) is 0. The first-order chi connectivity index (χ1) is 36.5. The molecule has 0 bridgehead atoms. The minimum Gasteiger partial charge on any atom is -0.496 e. The zero-order chi connectivity index (χ0) is 57.6. The monoisotopic (exact) mass is 1230 g/mol. The zero-order valence-electron chi connectivity index (χ0n) is 49.7. The van der Waals surface area contributed by atoms with Crippen LogP contribution >= 0.6 is 31.9 Å². The van der Waals surface area contributed by atoms with Crippen LogP contribution in [0.5, 0.6) is 0 Å². The first-order valence-corrected chi connectivity index (χ1v) is 36.1. The number of Topliss-reactive ketones (excluding diaryl/α,β-unsaturated/α-hetero) is 1. The highest BCUT2D eigenvalue weighted by Crippen LogP contribution is 2.51. The van der Waals surface area contributed by atoms with Crippen LogP contribution in [-0.4, -0.2) is 68.7 Å². The van der Waals surface area contributed by atoms with E-state index in [4.69, 9.17) is 22.8 Å². The van der Waals surface area contributed by atoms with E-state index in [2.05, 4.69) is 275 Å². The van der Waals surface area contributed by atoms with Gasteiger partial charge < -0.3 is 22.8 Å². The van der Waals surface area contributed by atoms with Gasteiger partial charge in [0.2, 0.25) is 0 Å². The molecule has 0 amide bonds. The van der Waals surface area contributed by atoms with Gasteiger partial charge in [-0.25, -0.2) is 4.79 Å². The molecular weight excluding hydrogens is 1150 g/mol. The van der Waals surface area contributed by atoms with Gasteiger partial charge in [0.25, 0.3) is 16.6 Å². The molecule has 0 unspecified atom stereocenters. The molecule has 6 rings (SSSR count). The topological polar surface area (TPSA) is 80.3 Å². The van der Waals surface area contributed by atoms with E-state index in [9.17, 15) is 4.79 Å². The highest BCUT2D eigenvalue weighted by Gasteiger charge is 2.58. The van der Waals surface area contributed by atoms with Crippen LogP contribution in [-0.2, 0) is 32.3 Å². The minimum absolute atomic E-state index is 0.0149. The summed E-state index contributed by atoms with van der Waals surface area (Å²) < 4.78 is 35.8. The van der Waals surface area contributed by atoms with Gasteiger partial charge in [0, 0.05) is 12.3 Å². The molecule has 0 saturated heterocycles. The van der Waals surface area contributed by atoms with E-state index >= 15 is 4.79 Å². The molecule has 420 valence electrons. The van der Waals surface area contributed by atoms with Gasteiger partial charge in [-0.15, -0.1) is 0 Å². The number of rotatable bonds is 21. The molecule has 0 fully saturated rings. The van der Waals surface area contributed by atoms with Crippen molar-refractivity contribution in [3.8, 4) is 0 Å². The molecule has 1 aliphatic heterocycles. The molecule has 2 aliphatic rings. The van der Waals surface area contributed by atoms with Gasteiger partial charge in [0.05, 0.1) is 29.8 Å². The Morgan fingerprint density at radius 1 is 0.718 bits per heavy atom. The molecule has 7 nitrogen and oxygen atoms in total. The van der Waals surface area contributed by atoms with E-state index in [0.29, 0.717) is 31.6 Å². The second-order valence-electron chi connectivity index (χ2n) is 25.6. The van der Waals surface area contributed by atoms with Crippen molar-refractivity contribution >= 4 is 89.3 Å². The first-order valence-electron chi connectivity index (χ1n) is 27.8. The maximum atomic E-state index is 15.0. The average Bonchev–Trinajstić information content (AvgIpc) is 3.73. The van der Waals surface area contributed by atoms with Crippen molar-refractivity contribution < 1.29 is 32.3 Å². The number of ketones is 1. The molecule has 4 aromatic rings. The number of halogens is 2. The van der Waals surface area contributed by atoms with Gasteiger partial charge in [-0.3, -0.25) is 4.79 Å². The van der Waals surface area contributed by atoms with E-state index in [0.717, 1.165) is 14.5 Å². The summed E-state index contributed by atoms with van der Waals surface area (Å²) in [4.78, 5) is 29.6. The molecule has 0 N–H and O–H groups in total. The fraction of sp³-hybridized carbons (Fsp3) is 0.455. The second-order valence-corrected chi connectivity index (χ2v) is 41.8. The Kier molecular flexibility index (Phi) is 20.6. The van der Waals surface area contributed by atoms with Gasteiger partial charge in [-0.2, -0.15) is 0 Å². The Morgan fingerprint density at radius 3 is 1.60 bits per heavy atom. The number of ether oxygens (including phenoxy) is 2. The lowest BCUT2D eigenvalue weighted by atomic mass is 9.70. The molecule has 0 radical (unpaired) electrons. The maximum absolute atomic E-state index is 15.0. The Morgan fingerprint density at radius 2 is 1.18 bits per heavy atom. The summed E-state index contributed by atoms with van der Waals surface area (Å²) in [6, 6.07) is 42.7.